The highest BCUT2D eigenvalue weighted by atomic mass is 35.5. The number of phenols is 1. The molecule has 2 aromatic carbocycles. The van der Waals surface area contributed by atoms with Crippen LogP contribution >= 0.6 is 35.4 Å². The predicted molar refractivity (Wildman–Crippen MR) is 107 cm³/mol. The molecule has 1 heterocycles. The number of nitrogens with one attached hydrogen (secondary N) is 1. The fourth-order valence-corrected chi connectivity index (χ4v) is 3.16. The number of hydrogen-bond donors (Lipinski definition) is 2. The van der Waals surface area contributed by atoms with E-state index in [-0.39, 0.29) is 37.9 Å². The third kappa shape index (κ3) is 3.62. The summed E-state index contributed by atoms with van der Waals surface area (Å²) in [5.41, 5.74) is 0.503. The number of thiocarbonyl (C=S) groups is 1. The lowest BCUT2D eigenvalue weighted by atomic mass is 10.1. The maximum atomic E-state index is 12.9. The number of halogens is 2. The number of nitrogens with zero attached hydrogens (tertiary/aromatic N) is 1. The molecule has 9 heteroatoms. The summed E-state index contributed by atoms with van der Waals surface area (Å²) in [6, 6.07) is 9.22. The molecule has 138 valence electrons. The Bertz CT molecular complexity index is 1010. The average Bonchev–Trinajstić information content (AvgIpc) is 2.62. The molecule has 1 aliphatic heterocycles. The van der Waals surface area contributed by atoms with Crippen molar-refractivity contribution < 1.29 is 19.4 Å². The van der Waals surface area contributed by atoms with Gasteiger partial charge < -0.3 is 9.84 Å². The summed E-state index contributed by atoms with van der Waals surface area (Å²) in [6.45, 7) is 0. The normalized spacial score (nSPS) is 15.9. The van der Waals surface area contributed by atoms with Gasteiger partial charge in [0.1, 0.15) is 5.57 Å². The Hall–Kier alpha value is -2.61. The fourth-order valence-electron chi connectivity index (χ4n) is 2.50. The summed E-state index contributed by atoms with van der Waals surface area (Å²) in [5, 5.41) is 12.6. The number of ether oxygens (including phenoxy) is 1. The van der Waals surface area contributed by atoms with E-state index >= 15 is 0 Å². The van der Waals surface area contributed by atoms with Crippen molar-refractivity contribution in [2.45, 2.75) is 0 Å². The van der Waals surface area contributed by atoms with Gasteiger partial charge in [-0.25, -0.2) is 0 Å². The van der Waals surface area contributed by atoms with Gasteiger partial charge in [0, 0.05) is 0 Å². The van der Waals surface area contributed by atoms with Gasteiger partial charge in [0.25, 0.3) is 11.8 Å². The van der Waals surface area contributed by atoms with Crippen molar-refractivity contribution in [3.8, 4) is 11.5 Å². The zero-order valence-corrected chi connectivity index (χ0v) is 16.2. The van der Waals surface area contributed by atoms with Crippen molar-refractivity contribution in [1.82, 2.24) is 5.32 Å². The molecule has 0 bridgehead atoms. The zero-order chi connectivity index (χ0) is 19.7. The molecule has 27 heavy (non-hydrogen) atoms. The minimum absolute atomic E-state index is 0.108. The summed E-state index contributed by atoms with van der Waals surface area (Å²) in [4.78, 5) is 26.3. The molecule has 0 aliphatic carbocycles. The van der Waals surface area contributed by atoms with Crippen molar-refractivity contribution in [2.24, 2.45) is 0 Å². The van der Waals surface area contributed by atoms with Crippen LogP contribution in [0.1, 0.15) is 5.56 Å². The van der Waals surface area contributed by atoms with Crippen LogP contribution in [0.4, 0.5) is 5.69 Å². The second kappa shape index (κ2) is 7.56. The molecule has 2 amide bonds. The standard InChI is InChI=1S/C18H12Cl2N2O4S/c1-26-14-6-5-9(8-13(14)23)7-10-16(24)21-18(27)22(17(10)25)12-4-2-3-11(19)15(12)20/h2-8,23H,1H3,(H,21,24,27). The minimum Gasteiger partial charge on any atom is -0.504 e. The summed E-state index contributed by atoms with van der Waals surface area (Å²) < 4.78 is 4.98. The van der Waals surface area contributed by atoms with Crippen molar-refractivity contribution in [3.63, 3.8) is 0 Å². The van der Waals surface area contributed by atoms with E-state index in [1.165, 1.54) is 25.3 Å². The quantitative estimate of drug-likeness (QED) is 0.449. The lowest BCUT2D eigenvalue weighted by Gasteiger charge is -2.29. The first-order chi connectivity index (χ1) is 12.8. The summed E-state index contributed by atoms with van der Waals surface area (Å²) in [5.74, 6) is -1.18. The van der Waals surface area contributed by atoms with Crippen LogP contribution in [-0.4, -0.2) is 29.1 Å². The number of hydrogen-bond acceptors (Lipinski definition) is 5. The van der Waals surface area contributed by atoms with E-state index in [1.807, 2.05) is 0 Å². The third-order valence-corrected chi connectivity index (χ3v) is 4.88. The Labute approximate surface area is 169 Å². The number of amides is 2. The van der Waals surface area contributed by atoms with E-state index in [0.717, 1.165) is 4.90 Å². The maximum Gasteiger partial charge on any atom is 0.270 e. The number of methoxy groups -OCH3 is 1. The molecule has 0 atom stereocenters. The molecule has 2 aromatic rings. The molecular weight excluding hydrogens is 411 g/mol. The summed E-state index contributed by atoms with van der Waals surface area (Å²) >= 11 is 17.3. The van der Waals surface area contributed by atoms with Gasteiger partial charge in [-0.15, -0.1) is 0 Å². The second-order valence-corrected chi connectivity index (χ2v) is 6.63. The van der Waals surface area contributed by atoms with Gasteiger partial charge in [-0.1, -0.05) is 35.3 Å². The fraction of sp³-hybridized carbons (Fsp3) is 0.0556. The molecule has 0 spiro atoms. The highest BCUT2D eigenvalue weighted by molar-refractivity contribution is 7.80. The molecule has 0 aromatic heterocycles. The van der Waals surface area contributed by atoms with E-state index in [0.29, 0.717) is 5.56 Å². The van der Waals surface area contributed by atoms with Crippen LogP contribution in [0.3, 0.4) is 0 Å². The zero-order valence-electron chi connectivity index (χ0n) is 13.8. The van der Waals surface area contributed by atoms with E-state index in [9.17, 15) is 14.7 Å². The molecule has 0 radical (unpaired) electrons. The lowest BCUT2D eigenvalue weighted by Crippen LogP contribution is -2.54. The topological polar surface area (TPSA) is 78.9 Å². The maximum absolute atomic E-state index is 12.9. The number of rotatable bonds is 3. The lowest BCUT2D eigenvalue weighted by molar-refractivity contribution is -0.122. The molecule has 1 saturated heterocycles. The molecule has 2 N–H and O–H groups in total. The molecule has 0 unspecified atom stereocenters. The number of carbonyl (C=O) groups excluding carboxylic acids is 2. The van der Waals surface area contributed by atoms with Gasteiger partial charge in [0.05, 0.1) is 22.8 Å². The minimum atomic E-state index is -0.664. The predicted octanol–water partition coefficient (Wildman–Crippen LogP) is 3.54. The van der Waals surface area contributed by atoms with Gasteiger partial charge in [-0.05, 0) is 48.1 Å². The van der Waals surface area contributed by atoms with Gasteiger partial charge in [-0.2, -0.15) is 0 Å². The first kappa shape index (κ1) is 19.2. The molecule has 1 fully saturated rings. The first-order valence-electron chi connectivity index (χ1n) is 7.56. The number of benzene rings is 2. The van der Waals surface area contributed by atoms with Crippen molar-refractivity contribution in [3.05, 3.63) is 57.6 Å². The van der Waals surface area contributed by atoms with E-state index in [2.05, 4.69) is 5.32 Å². The van der Waals surface area contributed by atoms with Crippen LogP contribution in [0, 0.1) is 0 Å². The highest BCUT2D eigenvalue weighted by Gasteiger charge is 2.35. The number of aromatic hydroxyl groups is 1. The van der Waals surface area contributed by atoms with Gasteiger partial charge >= 0.3 is 0 Å². The summed E-state index contributed by atoms with van der Waals surface area (Å²) in [6.07, 6.45) is 1.34. The second-order valence-electron chi connectivity index (χ2n) is 5.46. The van der Waals surface area contributed by atoms with E-state index < -0.39 is 11.8 Å². The van der Waals surface area contributed by atoms with Crippen LogP contribution in [-0.2, 0) is 9.59 Å². The SMILES string of the molecule is COc1ccc(C=C2C(=O)NC(=S)N(c3cccc(Cl)c3Cl)C2=O)cc1O. The molecule has 1 aliphatic rings. The van der Waals surface area contributed by atoms with Crippen molar-refractivity contribution >= 4 is 64.1 Å². The Balaban J connectivity index is 2.05. The molecular formula is C18H12Cl2N2O4S. The van der Waals surface area contributed by atoms with Crippen LogP contribution in [0.5, 0.6) is 11.5 Å². The van der Waals surface area contributed by atoms with Crippen LogP contribution in [0.15, 0.2) is 42.0 Å². The van der Waals surface area contributed by atoms with Crippen LogP contribution in [0.25, 0.3) is 6.08 Å². The molecule has 0 saturated carbocycles. The Morgan fingerprint density at radius 2 is 1.96 bits per heavy atom. The Morgan fingerprint density at radius 3 is 2.63 bits per heavy atom. The van der Waals surface area contributed by atoms with E-state index in [4.69, 9.17) is 40.2 Å². The monoisotopic (exact) mass is 422 g/mol. The molecule has 3 rings (SSSR count). The van der Waals surface area contributed by atoms with Gasteiger partial charge in [0.2, 0.25) is 0 Å². The number of anilines is 1. The third-order valence-electron chi connectivity index (χ3n) is 3.79. The molecule has 6 nitrogen and oxygen atoms in total. The smallest absolute Gasteiger partial charge is 0.270 e. The first-order valence-corrected chi connectivity index (χ1v) is 8.72. The van der Waals surface area contributed by atoms with Crippen LogP contribution in [0.2, 0.25) is 10.0 Å². The van der Waals surface area contributed by atoms with Crippen LogP contribution < -0.4 is 15.0 Å². The van der Waals surface area contributed by atoms with Crippen molar-refractivity contribution in [2.75, 3.05) is 12.0 Å². The highest BCUT2D eigenvalue weighted by Crippen LogP contribution is 2.34. The number of phenolic OH excluding ortho intramolecular Hbond substituents is 1. The van der Waals surface area contributed by atoms with Gasteiger partial charge in [-0.3, -0.25) is 19.8 Å². The van der Waals surface area contributed by atoms with E-state index in [1.54, 1.807) is 24.3 Å². The van der Waals surface area contributed by atoms with Crippen molar-refractivity contribution in [1.29, 1.82) is 0 Å². The Kier molecular flexibility index (Phi) is 5.36. The average molecular weight is 423 g/mol. The largest absolute Gasteiger partial charge is 0.504 e. The Morgan fingerprint density at radius 1 is 1.22 bits per heavy atom. The number of carbonyl (C=O) groups is 2. The van der Waals surface area contributed by atoms with Gasteiger partial charge in [0.15, 0.2) is 16.6 Å². The summed E-state index contributed by atoms with van der Waals surface area (Å²) in [7, 11) is 1.42.